The van der Waals surface area contributed by atoms with Gasteiger partial charge in [-0.1, -0.05) is 184 Å². The highest BCUT2D eigenvalue weighted by atomic mass is 16.6. The number of hydrogen-bond acceptors (Lipinski definition) is 6. The highest BCUT2D eigenvalue weighted by Crippen LogP contribution is 2.13. The molecule has 0 bridgehead atoms. The summed E-state index contributed by atoms with van der Waals surface area (Å²) in [6.07, 6.45) is 50.3. The molecule has 0 radical (unpaired) electrons. The van der Waals surface area contributed by atoms with Crippen LogP contribution in [0, 0.1) is 0 Å². The molecule has 0 fully saturated rings. The standard InChI is InChI=1S/C47H78O6/c1-4-7-10-13-16-19-21-22-23-24-26-28-31-34-37-40-46(49)52-43-44(42-51-45(48)39-36-33-30-27-18-15-12-9-6-3)53-47(50)41-38-35-32-29-25-20-17-14-11-8-5-2/h7,10,13-14,16-17,19,21-24,26,44H,4-6,8-9,11-12,15,18,20,25,27-43H2,1-3H3/b10-7-,16-13-,17-14-,21-19-,23-22-,26-24-. The highest BCUT2D eigenvalue weighted by molar-refractivity contribution is 5.71. The van der Waals surface area contributed by atoms with Crippen LogP contribution in [0.2, 0.25) is 0 Å². The van der Waals surface area contributed by atoms with Crippen LogP contribution in [0.25, 0.3) is 0 Å². The number of esters is 3. The first kappa shape index (κ1) is 49.9. The quantitative estimate of drug-likeness (QED) is 0.0208. The second-order valence-electron chi connectivity index (χ2n) is 14.0. The smallest absolute Gasteiger partial charge is 0.306 e. The molecule has 53 heavy (non-hydrogen) atoms. The van der Waals surface area contributed by atoms with Crippen molar-refractivity contribution in [2.75, 3.05) is 13.2 Å². The summed E-state index contributed by atoms with van der Waals surface area (Å²) in [4.78, 5) is 37.6. The lowest BCUT2D eigenvalue weighted by Crippen LogP contribution is -2.30. The molecule has 302 valence electrons. The van der Waals surface area contributed by atoms with Crippen LogP contribution < -0.4 is 0 Å². The monoisotopic (exact) mass is 739 g/mol. The first-order chi connectivity index (χ1) is 26.0. The van der Waals surface area contributed by atoms with E-state index in [-0.39, 0.29) is 31.1 Å². The van der Waals surface area contributed by atoms with Crippen molar-refractivity contribution in [3.63, 3.8) is 0 Å². The van der Waals surface area contributed by atoms with Crippen molar-refractivity contribution < 1.29 is 28.6 Å². The fraction of sp³-hybridized carbons (Fsp3) is 0.681. The van der Waals surface area contributed by atoms with E-state index in [0.717, 1.165) is 83.5 Å². The van der Waals surface area contributed by atoms with Gasteiger partial charge in [0.2, 0.25) is 0 Å². The molecule has 6 nitrogen and oxygen atoms in total. The van der Waals surface area contributed by atoms with Gasteiger partial charge in [0.1, 0.15) is 13.2 Å². The van der Waals surface area contributed by atoms with Crippen molar-refractivity contribution >= 4 is 17.9 Å². The molecule has 0 aliphatic heterocycles. The number of unbranched alkanes of at least 4 members (excludes halogenated alkanes) is 18. The van der Waals surface area contributed by atoms with Crippen LogP contribution in [0.3, 0.4) is 0 Å². The Morgan fingerprint density at radius 2 is 0.774 bits per heavy atom. The lowest BCUT2D eigenvalue weighted by molar-refractivity contribution is -0.167. The van der Waals surface area contributed by atoms with Gasteiger partial charge in [0.05, 0.1) is 0 Å². The third-order valence-corrected chi connectivity index (χ3v) is 8.82. The molecule has 0 spiro atoms. The van der Waals surface area contributed by atoms with Crippen molar-refractivity contribution in [2.24, 2.45) is 0 Å². The maximum Gasteiger partial charge on any atom is 0.306 e. The zero-order valence-electron chi connectivity index (χ0n) is 34.3. The third-order valence-electron chi connectivity index (χ3n) is 8.82. The number of carbonyl (C=O) groups is 3. The van der Waals surface area contributed by atoms with Gasteiger partial charge in [-0.2, -0.15) is 0 Å². The second-order valence-corrected chi connectivity index (χ2v) is 14.0. The summed E-state index contributed by atoms with van der Waals surface area (Å²) in [5.74, 6) is -0.957. The molecule has 0 rings (SSSR count). The van der Waals surface area contributed by atoms with E-state index in [1.54, 1.807) is 0 Å². The Labute approximate surface area is 325 Å². The molecule has 1 unspecified atom stereocenters. The Balaban J connectivity index is 4.47. The van der Waals surface area contributed by atoms with Gasteiger partial charge in [0.25, 0.3) is 0 Å². The molecule has 0 heterocycles. The van der Waals surface area contributed by atoms with E-state index < -0.39 is 6.10 Å². The summed E-state index contributed by atoms with van der Waals surface area (Å²) in [5.41, 5.74) is 0. The van der Waals surface area contributed by atoms with Crippen molar-refractivity contribution in [3.05, 3.63) is 72.9 Å². The fourth-order valence-corrected chi connectivity index (χ4v) is 5.56. The zero-order valence-corrected chi connectivity index (χ0v) is 34.3. The molecule has 0 aliphatic rings. The Hall–Kier alpha value is -3.15. The third kappa shape index (κ3) is 39.9. The van der Waals surface area contributed by atoms with Crippen LogP contribution in [0.15, 0.2) is 72.9 Å². The highest BCUT2D eigenvalue weighted by Gasteiger charge is 2.19. The van der Waals surface area contributed by atoms with Crippen LogP contribution in [0.1, 0.15) is 188 Å². The minimum absolute atomic E-state index is 0.0926. The number of hydrogen-bond donors (Lipinski definition) is 0. The van der Waals surface area contributed by atoms with E-state index >= 15 is 0 Å². The summed E-state index contributed by atoms with van der Waals surface area (Å²) < 4.78 is 16.6. The fourth-order valence-electron chi connectivity index (χ4n) is 5.56. The lowest BCUT2D eigenvalue weighted by atomic mass is 10.1. The largest absolute Gasteiger partial charge is 0.462 e. The van der Waals surface area contributed by atoms with Crippen LogP contribution in [0.5, 0.6) is 0 Å². The van der Waals surface area contributed by atoms with E-state index in [4.69, 9.17) is 14.2 Å². The first-order valence-electron chi connectivity index (χ1n) is 21.5. The summed E-state index contributed by atoms with van der Waals surface area (Å²) in [6.45, 7) is 6.36. The zero-order chi connectivity index (χ0) is 38.7. The van der Waals surface area contributed by atoms with E-state index in [9.17, 15) is 14.4 Å². The number of rotatable bonds is 37. The lowest BCUT2D eigenvalue weighted by Gasteiger charge is -2.18. The molecular weight excluding hydrogens is 661 g/mol. The van der Waals surface area contributed by atoms with E-state index in [2.05, 4.69) is 45.1 Å². The van der Waals surface area contributed by atoms with Gasteiger partial charge in [-0.3, -0.25) is 14.4 Å². The van der Waals surface area contributed by atoms with E-state index in [1.807, 2.05) is 48.6 Å². The Morgan fingerprint density at radius 3 is 1.28 bits per heavy atom. The van der Waals surface area contributed by atoms with Gasteiger partial charge in [-0.25, -0.2) is 0 Å². The molecule has 0 aromatic rings. The summed E-state index contributed by atoms with van der Waals surface area (Å²) in [6, 6.07) is 0. The second kappa shape index (κ2) is 41.6. The van der Waals surface area contributed by atoms with Gasteiger partial charge >= 0.3 is 17.9 Å². The van der Waals surface area contributed by atoms with Crippen LogP contribution in [0.4, 0.5) is 0 Å². The van der Waals surface area contributed by atoms with Crippen LogP contribution in [-0.4, -0.2) is 37.2 Å². The number of ether oxygens (including phenoxy) is 3. The normalized spacial score (nSPS) is 12.7. The van der Waals surface area contributed by atoms with Crippen LogP contribution >= 0.6 is 0 Å². The molecule has 1 atom stereocenters. The molecule has 0 aromatic heterocycles. The van der Waals surface area contributed by atoms with Crippen molar-refractivity contribution in [2.45, 2.75) is 194 Å². The molecule has 0 aliphatic carbocycles. The van der Waals surface area contributed by atoms with Gasteiger partial charge in [0, 0.05) is 19.3 Å². The molecule has 6 heteroatoms. The summed E-state index contributed by atoms with van der Waals surface area (Å²) >= 11 is 0. The molecule has 0 saturated heterocycles. The van der Waals surface area contributed by atoms with Gasteiger partial charge in [0.15, 0.2) is 6.10 Å². The predicted octanol–water partition coefficient (Wildman–Crippen LogP) is 13.5. The minimum Gasteiger partial charge on any atom is -0.462 e. The van der Waals surface area contributed by atoms with Crippen LogP contribution in [-0.2, 0) is 28.6 Å². The summed E-state index contributed by atoms with van der Waals surface area (Å²) in [5, 5.41) is 0. The molecular formula is C47H78O6. The first-order valence-corrected chi connectivity index (χ1v) is 21.5. The minimum atomic E-state index is -0.792. The van der Waals surface area contributed by atoms with Gasteiger partial charge in [-0.15, -0.1) is 0 Å². The average molecular weight is 739 g/mol. The maximum atomic E-state index is 12.7. The van der Waals surface area contributed by atoms with Crippen molar-refractivity contribution in [1.29, 1.82) is 0 Å². The topological polar surface area (TPSA) is 78.9 Å². The maximum absolute atomic E-state index is 12.7. The van der Waals surface area contributed by atoms with Gasteiger partial charge < -0.3 is 14.2 Å². The Kier molecular flexibility index (Phi) is 39.1. The molecule has 0 aromatic carbocycles. The molecule has 0 N–H and O–H groups in total. The predicted molar refractivity (Wildman–Crippen MR) is 224 cm³/mol. The van der Waals surface area contributed by atoms with E-state index in [1.165, 1.54) is 64.2 Å². The van der Waals surface area contributed by atoms with Crippen molar-refractivity contribution in [1.82, 2.24) is 0 Å². The van der Waals surface area contributed by atoms with E-state index in [0.29, 0.717) is 19.3 Å². The number of carbonyl (C=O) groups excluding carboxylic acids is 3. The SMILES string of the molecule is CC\C=C/C=C\C=C/C=C\C=C/CCCCCC(=O)OCC(COC(=O)CCCCCCCCCCC)OC(=O)CCCCCCC/C=C\CCCC. The summed E-state index contributed by atoms with van der Waals surface area (Å²) in [7, 11) is 0. The average Bonchev–Trinajstić information content (AvgIpc) is 3.15. The van der Waals surface area contributed by atoms with Crippen molar-refractivity contribution in [3.8, 4) is 0 Å². The van der Waals surface area contributed by atoms with Gasteiger partial charge in [-0.05, 0) is 57.8 Å². The molecule has 0 saturated carbocycles. The Bertz CT molecular complexity index is 1030. The Morgan fingerprint density at radius 1 is 0.396 bits per heavy atom. The number of allylic oxidation sites excluding steroid dienone is 12. The molecule has 0 amide bonds.